The molecule has 112 valence electrons. The van der Waals surface area contributed by atoms with Crippen molar-refractivity contribution in [1.82, 2.24) is 0 Å². The number of nitrogens with zero attached hydrogens (tertiary/aromatic N) is 1. The average Bonchev–Trinajstić information content (AvgIpc) is 3.02. The first-order valence-corrected chi connectivity index (χ1v) is 7.76. The molecule has 1 N–H and O–H groups in total. The van der Waals surface area contributed by atoms with Gasteiger partial charge in [-0.05, 0) is 30.2 Å². The molecule has 2 aromatic carbocycles. The van der Waals surface area contributed by atoms with E-state index in [0.29, 0.717) is 16.5 Å². The van der Waals surface area contributed by atoms with Crippen molar-refractivity contribution in [1.29, 1.82) is 5.26 Å². The zero-order valence-electron chi connectivity index (χ0n) is 12.1. The SMILES string of the molecule is N#Cc1ccc(NCC2CCOC2c2ccccc2)cc1Cl. The van der Waals surface area contributed by atoms with Crippen LogP contribution in [0.5, 0.6) is 0 Å². The Hall–Kier alpha value is -2.02. The third-order valence-corrected chi connectivity index (χ3v) is 4.31. The predicted octanol–water partition coefficient (Wildman–Crippen LogP) is 4.40. The Morgan fingerprint density at radius 3 is 2.77 bits per heavy atom. The molecule has 0 radical (unpaired) electrons. The van der Waals surface area contributed by atoms with E-state index in [1.165, 1.54) is 5.56 Å². The highest BCUT2D eigenvalue weighted by molar-refractivity contribution is 6.32. The van der Waals surface area contributed by atoms with Gasteiger partial charge >= 0.3 is 0 Å². The van der Waals surface area contributed by atoms with Crippen LogP contribution in [0, 0.1) is 17.2 Å². The van der Waals surface area contributed by atoms with Gasteiger partial charge in [0.1, 0.15) is 6.07 Å². The van der Waals surface area contributed by atoms with Gasteiger partial charge in [-0.2, -0.15) is 5.26 Å². The molecule has 0 spiro atoms. The highest BCUT2D eigenvalue weighted by atomic mass is 35.5. The van der Waals surface area contributed by atoms with Gasteiger partial charge in [0.05, 0.1) is 16.7 Å². The molecule has 1 heterocycles. The van der Waals surface area contributed by atoms with Crippen LogP contribution in [0.1, 0.15) is 23.7 Å². The second-order valence-corrected chi connectivity index (χ2v) is 5.85. The minimum atomic E-state index is 0.141. The van der Waals surface area contributed by atoms with Crippen LogP contribution < -0.4 is 5.32 Å². The van der Waals surface area contributed by atoms with Crippen molar-refractivity contribution in [2.75, 3.05) is 18.5 Å². The minimum absolute atomic E-state index is 0.141. The number of ether oxygens (including phenoxy) is 1. The first-order valence-electron chi connectivity index (χ1n) is 7.38. The summed E-state index contributed by atoms with van der Waals surface area (Å²) < 4.78 is 5.89. The Balaban J connectivity index is 1.66. The fourth-order valence-electron chi connectivity index (χ4n) is 2.82. The van der Waals surface area contributed by atoms with Crippen LogP contribution in [0.25, 0.3) is 0 Å². The summed E-state index contributed by atoms with van der Waals surface area (Å²) in [6.45, 7) is 1.61. The summed E-state index contributed by atoms with van der Waals surface area (Å²) in [6.07, 6.45) is 1.18. The Labute approximate surface area is 135 Å². The molecule has 1 fully saturated rings. The highest BCUT2D eigenvalue weighted by Gasteiger charge is 2.29. The first kappa shape index (κ1) is 14.9. The molecule has 0 saturated carbocycles. The van der Waals surface area contributed by atoms with Crippen LogP contribution in [0.15, 0.2) is 48.5 Å². The van der Waals surface area contributed by atoms with Gasteiger partial charge in [-0.1, -0.05) is 41.9 Å². The molecule has 1 aliphatic heterocycles. The lowest BCUT2D eigenvalue weighted by Crippen LogP contribution is -2.17. The van der Waals surface area contributed by atoms with Gasteiger partial charge < -0.3 is 10.1 Å². The number of hydrogen-bond acceptors (Lipinski definition) is 3. The number of nitrogens with one attached hydrogen (secondary N) is 1. The summed E-state index contributed by atoms with van der Waals surface area (Å²) in [5, 5.41) is 12.8. The lowest BCUT2D eigenvalue weighted by atomic mass is 9.95. The van der Waals surface area contributed by atoms with Gasteiger partial charge in [0, 0.05) is 24.8 Å². The monoisotopic (exact) mass is 312 g/mol. The molecule has 3 nitrogen and oxygen atoms in total. The number of anilines is 1. The van der Waals surface area contributed by atoms with E-state index in [-0.39, 0.29) is 6.10 Å². The van der Waals surface area contributed by atoms with E-state index >= 15 is 0 Å². The Morgan fingerprint density at radius 2 is 2.05 bits per heavy atom. The number of halogens is 1. The van der Waals surface area contributed by atoms with Crippen molar-refractivity contribution in [2.24, 2.45) is 5.92 Å². The molecule has 2 atom stereocenters. The van der Waals surface area contributed by atoms with Gasteiger partial charge in [-0.3, -0.25) is 0 Å². The predicted molar refractivity (Wildman–Crippen MR) is 87.9 cm³/mol. The molecule has 2 unspecified atom stereocenters. The zero-order chi connectivity index (χ0) is 15.4. The van der Waals surface area contributed by atoms with Crippen molar-refractivity contribution in [3.63, 3.8) is 0 Å². The first-order chi connectivity index (χ1) is 10.8. The topological polar surface area (TPSA) is 45.0 Å². The van der Waals surface area contributed by atoms with Crippen LogP contribution in [-0.4, -0.2) is 13.2 Å². The van der Waals surface area contributed by atoms with E-state index in [1.807, 2.05) is 24.3 Å². The van der Waals surface area contributed by atoms with E-state index in [4.69, 9.17) is 21.6 Å². The molecule has 0 aliphatic carbocycles. The average molecular weight is 313 g/mol. The molecule has 0 aromatic heterocycles. The second-order valence-electron chi connectivity index (χ2n) is 5.44. The molecular formula is C18H17ClN2O. The summed E-state index contributed by atoms with van der Waals surface area (Å²) in [5.74, 6) is 0.428. The second kappa shape index (κ2) is 6.83. The third-order valence-electron chi connectivity index (χ3n) is 4.00. The van der Waals surface area contributed by atoms with Crippen LogP contribution in [0.3, 0.4) is 0 Å². The molecule has 0 amide bonds. The largest absolute Gasteiger partial charge is 0.385 e. The lowest BCUT2D eigenvalue weighted by Gasteiger charge is -2.20. The van der Waals surface area contributed by atoms with Crippen molar-refractivity contribution in [3.8, 4) is 6.07 Å². The number of rotatable bonds is 4. The molecule has 1 aliphatic rings. The summed E-state index contributed by atoms with van der Waals surface area (Å²) in [7, 11) is 0. The molecule has 2 aromatic rings. The van der Waals surface area contributed by atoms with Gasteiger partial charge in [0.25, 0.3) is 0 Å². The lowest BCUT2D eigenvalue weighted by molar-refractivity contribution is 0.0933. The van der Waals surface area contributed by atoms with Gasteiger partial charge in [0.15, 0.2) is 0 Å². The zero-order valence-corrected chi connectivity index (χ0v) is 12.9. The van der Waals surface area contributed by atoms with Crippen LogP contribution in [0.2, 0.25) is 5.02 Å². The van der Waals surface area contributed by atoms with E-state index < -0.39 is 0 Å². The number of benzene rings is 2. The van der Waals surface area contributed by atoms with E-state index in [1.54, 1.807) is 12.1 Å². The fourth-order valence-corrected chi connectivity index (χ4v) is 3.04. The van der Waals surface area contributed by atoms with Crippen molar-refractivity contribution < 1.29 is 4.74 Å². The smallest absolute Gasteiger partial charge is 0.101 e. The maximum atomic E-state index is 8.90. The maximum Gasteiger partial charge on any atom is 0.101 e. The van der Waals surface area contributed by atoms with Crippen molar-refractivity contribution >= 4 is 17.3 Å². The minimum Gasteiger partial charge on any atom is -0.385 e. The molecule has 1 saturated heterocycles. The Kier molecular flexibility index (Phi) is 4.62. The molecular weight excluding hydrogens is 296 g/mol. The molecule has 0 bridgehead atoms. The Bertz CT molecular complexity index is 681. The summed E-state index contributed by atoms with van der Waals surface area (Å²) >= 11 is 6.06. The van der Waals surface area contributed by atoms with Crippen LogP contribution >= 0.6 is 11.6 Å². The van der Waals surface area contributed by atoms with Gasteiger partial charge in [0.2, 0.25) is 0 Å². The Morgan fingerprint density at radius 1 is 1.23 bits per heavy atom. The normalized spacial score (nSPS) is 20.5. The van der Waals surface area contributed by atoms with E-state index in [2.05, 4.69) is 23.5 Å². The molecule has 3 rings (SSSR count). The van der Waals surface area contributed by atoms with E-state index in [9.17, 15) is 0 Å². The number of hydrogen-bond donors (Lipinski definition) is 1. The van der Waals surface area contributed by atoms with Crippen molar-refractivity contribution in [3.05, 3.63) is 64.7 Å². The van der Waals surface area contributed by atoms with E-state index in [0.717, 1.165) is 25.3 Å². The quantitative estimate of drug-likeness (QED) is 0.910. The van der Waals surface area contributed by atoms with Crippen LogP contribution in [0.4, 0.5) is 5.69 Å². The standard InChI is InChI=1S/C18H17ClN2O/c19-17-10-16(7-6-14(17)11-20)21-12-15-8-9-22-18(15)13-4-2-1-3-5-13/h1-7,10,15,18,21H,8-9,12H2. The summed E-state index contributed by atoms with van der Waals surface area (Å²) in [6, 6.07) is 17.8. The summed E-state index contributed by atoms with van der Waals surface area (Å²) in [4.78, 5) is 0. The fraction of sp³-hybridized carbons (Fsp3) is 0.278. The highest BCUT2D eigenvalue weighted by Crippen LogP contribution is 2.34. The van der Waals surface area contributed by atoms with Crippen LogP contribution in [-0.2, 0) is 4.74 Å². The summed E-state index contributed by atoms with van der Waals surface area (Å²) in [5.41, 5.74) is 2.66. The third kappa shape index (κ3) is 3.24. The molecule has 4 heteroatoms. The van der Waals surface area contributed by atoms with Crippen molar-refractivity contribution in [2.45, 2.75) is 12.5 Å². The van der Waals surface area contributed by atoms with Gasteiger partial charge in [-0.25, -0.2) is 0 Å². The number of nitriles is 1. The van der Waals surface area contributed by atoms with Gasteiger partial charge in [-0.15, -0.1) is 0 Å². The molecule has 22 heavy (non-hydrogen) atoms. The maximum absolute atomic E-state index is 8.90.